The molecule has 1 heterocycles. The third-order valence-corrected chi connectivity index (χ3v) is 3.22. The first-order chi connectivity index (χ1) is 8.94. The van der Waals surface area contributed by atoms with Crippen molar-refractivity contribution in [2.45, 2.75) is 32.4 Å². The molecule has 0 saturated carbocycles. The van der Waals surface area contributed by atoms with Gasteiger partial charge in [-0.05, 0) is 32.9 Å². The summed E-state index contributed by atoms with van der Waals surface area (Å²) in [6, 6.07) is 7.63. The van der Waals surface area contributed by atoms with Crippen LogP contribution in [0.15, 0.2) is 24.3 Å². The fraction of sp³-hybridized carbons (Fsp3) is 0.385. The molecule has 0 bridgehead atoms. The number of nitrogens with two attached hydrogens (primary N) is 1. The van der Waals surface area contributed by atoms with E-state index in [1.165, 1.54) is 0 Å². The van der Waals surface area contributed by atoms with Crippen LogP contribution in [0.2, 0.25) is 0 Å². The van der Waals surface area contributed by atoms with Gasteiger partial charge in [-0.15, -0.1) is 0 Å². The number of nitrogens with one attached hydrogen (secondary N) is 2. The van der Waals surface area contributed by atoms with Crippen LogP contribution in [0.25, 0.3) is 10.9 Å². The maximum absolute atomic E-state index is 9.79. The lowest BCUT2D eigenvalue weighted by Gasteiger charge is -2.30. The van der Waals surface area contributed by atoms with Crippen molar-refractivity contribution in [3.63, 3.8) is 0 Å². The minimum atomic E-state index is -0.532. The van der Waals surface area contributed by atoms with E-state index in [1.807, 2.05) is 38.1 Å². The van der Waals surface area contributed by atoms with Gasteiger partial charge in [0, 0.05) is 5.39 Å². The van der Waals surface area contributed by atoms with Gasteiger partial charge in [-0.1, -0.05) is 12.1 Å². The Labute approximate surface area is 112 Å². The van der Waals surface area contributed by atoms with E-state index in [0.717, 1.165) is 10.9 Å². The Morgan fingerprint density at radius 1 is 1.26 bits per heavy atom. The Bertz CT molecular complexity index is 582. The van der Waals surface area contributed by atoms with Gasteiger partial charge >= 0.3 is 0 Å². The minimum Gasteiger partial charge on any atom is -0.391 e. The predicted octanol–water partition coefficient (Wildman–Crippen LogP) is 1.49. The minimum absolute atomic E-state index is 0.336. The second kappa shape index (κ2) is 4.99. The molecular formula is C13H19N5O. The number of aliphatic hydroxyl groups excluding tert-OH is 1. The Hall–Kier alpha value is -1.92. The number of aliphatic hydroxyl groups is 1. The average Bonchev–Trinajstić information content (AvgIpc) is 2.38. The Balaban J connectivity index is 2.52. The Kier molecular flexibility index (Phi) is 3.55. The first kappa shape index (κ1) is 13.5. The number of hydrazine groups is 1. The summed E-state index contributed by atoms with van der Waals surface area (Å²) in [6.07, 6.45) is -0.532. The number of fused-ring (bicyclic) bond motifs is 1. The maximum Gasteiger partial charge on any atom is 0.239 e. The highest BCUT2D eigenvalue weighted by atomic mass is 16.3. The SMILES string of the molecule is CC(O)C(C)(C)Nc1nc(NN)nc2ccccc12. The summed E-state index contributed by atoms with van der Waals surface area (Å²) in [5.74, 6) is 6.36. The third-order valence-electron chi connectivity index (χ3n) is 3.22. The van der Waals surface area contributed by atoms with E-state index < -0.39 is 11.6 Å². The molecule has 6 nitrogen and oxygen atoms in total. The standard InChI is InChI=1S/C13H19N5O/c1-8(19)13(2,3)17-11-9-6-4-5-7-10(9)15-12(16-11)18-14/h4-8,19H,14H2,1-3H3,(H2,15,16,17,18). The van der Waals surface area contributed by atoms with Gasteiger partial charge < -0.3 is 10.4 Å². The highest BCUT2D eigenvalue weighted by molar-refractivity contribution is 5.90. The van der Waals surface area contributed by atoms with Crippen LogP contribution in [0.5, 0.6) is 0 Å². The zero-order valence-electron chi connectivity index (χ0n) is 11.3. The van der Waals surface area contributed by atoms with Crippen LogP contribution in [-0.4, -0.2) is 26.7 Å². The third kappa shape index (κ3) is 2.74. The average molecular weight is 261 g/mol. The number of benzene rings is 1. The number of anilines is 2. The van der Waals surface area contributed by atoms with Crippen LogP contribution in [0.4, 0.5) is 11.8 Å². The first-order valence-corrected chi connectivity index (χ1v) is 6.13. The molecule has 2 rings (SSSR count). The van der Waals surface area contributed by atoms with Gasteiger partial charge in [-0.3, -0.25) is 5.43 Å². The van der Waals surface area contributed by atoms with Crippen molar-refractivity contribution in [2.75, 3.05) is 10.7 Å². The van der Waals surface area contributed by atoms with Crippen LogP contribution in [0.3, 0.4) is 0 Å². The van der Waals surface area contributed by atoms with Crippen LogP contribution < -0.4 is 16.6 Å². The van der Waals surface area contributed by atoms with Crippen molar-refractivity contribution in [1.82, 2.24) is 9.97 Å². The summed E-state index contributed by atoms with van der Waals surface area (Å²) in [7, 11) is 0. The molecule has 6 heteroatoms. The summed E-state index contributed by atoms with van der Waals surface area (Å²) in [4.78, 5) is 8.60. The molecule has 0 aliphatic carbocycles. The number of hydrogen-bond donors (Lipinski definition) is 4. The highest BCUT2D eigenvalue weighted by Crippen LogP contribution is 2.25. The molecule has 0 amide bonds. The van der Waals surface area contributed by atoms with Gasteiger partial charge in [0.05, 0.1) is 17.2 Å². The number of aromatic nitrogens is 2. The lowest BCUT2D eigenvalue weighted by molar-refractivity contribution is 0.133. The molecule has 2 aromatic rings. The van der Waals surface area contributed by atoms with Crippen LogP contribution in [0.1, 0.15) is 20.8 Å². The molecule has 1 unspecified atom stereocenters. The Morgan fingerprint density at radius 3 is 2.58 bits per heavy atom. The van der Waals surface area contributed by atoms with Crippen LogP contribution >= 0.6 is 0 Å². The topological polar surface area (TPSA) is 96.1 Å². The van der Waals surface area contributed by atoms with E-state index in [-0.39, 0.29) is 0 Å². The number of hydrogen-bond acceptors (Lipinski definition) is 6. The zero-order chi connectivity index (χ0) is 14.0. The fourth-order valence-corrected chi connectivity index (χ4v) is 1.65. The van der Waals surface area contributed by atoms with E-state index >= 15 is 0 Å². The molecule has 1 atom stereocenters. The van der Waals surface area contributed by atoms with E-state index in [4.69, 9.17) is 5.84 Å². The van der Waals surface area contributed by atoms with Crippen molar-refractivity contribution in [3.8, 4) is 0 Å². The molecule has 1 aromatic carbocycles. The van der Waals surface area contributed by atoms with Crippen molar-refractivity contribution < 1.29 is 5.11 Å². The van der Waals surface area contributed by atoms with E-state index in [2.05, 4.69) is 20.7 Å². The zero-order valence-corrected chi connectivity index (χ0v) is 11.3. The fourth-order valence-electron chi connectivity index (χ4n) is 1.65. The van der Waals surface area contributed by atoms with Gasteiger partial charge in [0.1, 0.15) is 5.82 Å². The lowest BCUT2D eigenvalue weighted by Crippen LogP contribution is -2.42. The number of nitrogens with zero attached hydrogens (tertiary/aromatic N) is 2. The number of rotatable bonds is 4. The van der Waals surface area contributed by atoms with E-state index in [0.29, 0.717) is 11.8 Å². The van der Waals surface area contributed by atoms with Crippen LogP contribution in [0, 0.1) is 0 Å². The number of nitrogen functional groups attached to an aromatic ring is 1. The monoisotopic (exact) mass is 261 g/mol. The molecule has 0 radical (unpaired) electrons. The molecule has 19 heavy (non-hydrogen) atoms. The highest BCUT2D eigenvalue weighted by Gasteiger charge is 2.25. The van der Waals surface area contributed by atoms with E-state index in [1.54, 1.807) is 6.92 Å². The first-order valence-electron chi connectivity index (χ1n) is 6.13. The van der Waals surface area contributed by atoms with Crippen molar-refractivity contribution in [1.29, 1.82) is 0 Å². The summed E-state index contributed by atoms with van der Waals surface area (Å²) in [6.45, 7) is 5.55. The van der Waals surface area contributed by atoms with Crippen molar-refractivity contribution in [3.05, 3.63) is 24.3 Å². The molecular weight excluding hydrogens is 242 g/mol. The van der Waals surface area contributed by atoms with E-state index in [9.17, 15) is 5.11 Å². The molecule has 0 saturated heterocycles. The van der Waals surface area contributed by atoms with Crippen molar-refractivity contribution in [2.24, 2.45) is 5.84 Å². The lowest BCUT2D eigenvalue weighted by atomic mass is 9.98. The molecule has 0 aliphatic heterocycles. The molecule has 0 aliphatic rings. The van der Waals surface area contributed by atoms with Gasteiger partial charge in [-0.2, -0.15) is 4.98 Å². The van der Waals surface area contributed by atoms with Gasteiger partial charge in [0.15, 0.2) is 0 Å². The second-order valence-corrected chi connectivity index (χ2v) is 5.08. The summed E-state index contributed by atoms with van der Waals surface area (Å²) >= 11 is 0. The quantitative estimate of drug-likeness (QED) is 0.492. The van der Waals surface area contributed by atoms with Gasteiger partial charge in [0.2, 0.25) is 5.95 Å². The maximum atomic E-state index is 9.79. The van der Waals surface area contributed by atoms with Gasteiger partial charge in [-0.25, -0.2) is 10.8 Å². The predicted molar refractivity (Wildman–Crippen MR) is 76.7 cm³/mol. The molecule has 0 fully saturated rings. The summed E-state index contributed by atoms with van der Waals surface area (Å²) in [5.41, 5.74) is 2.73. The molecule has 5 N–H and O–H groups in total. The summed E-state index contributed by atoms with van der Waals surface area (Å²) < 4.78 is 0. The summed E-state index contributed by atoms with van der Waals surface area (Å²) in [5, 5.41) is 13.9. The molecule has 1 aromatic heterocycles. The Morgan fingerprint density at radius 2 is 1.95 bits per heavy atom. The molecule has 102 valence electrons. The van der Waals surface area contributed by atoms with Crippen molar-refractivity contribution >= 4 is 22.7 Å². The molecule has 0 spiro atoms. The van der Waals surface area contributed by atoms with Crippen LogP contribution in [-0.2, 0) is 0 Å². The second-order valence-electron chi connectivity index (χ2n) is 5.08. The van der Waals surface area contributed by atoms with Gasteiger partial charge in [0.25, 0.3) is 0 Å². The smallest absolute Gasteiger partial charge is 0.239 e. The normalized spacial score (nSPS) is 13.3. The largest absolute Gasteiger partial charge is 0.391 e. The number of para-hydroxylation sites is 1.